The van der Waals surface area contributed by atoms with E-state index in [1.165, 1.54) is 4.90 Å². The number of carbonyl (C=O) groups is 3. The van der Waals surface area contributed by atoms with Gasteiger partial charge in [-0.1, -0.05) is 48.0 Å². The van der Waals surface area contributed by atoms with Crippen molar-refractivity contribution in [2.24, 2.45) is 11.8 Å². The van der Waals surface area contributed by atoms with Crippen LogP contribution in [0.4, 0.5) is 5.69 Å². The Labute approximate surface area is 190 Å². The van der Waals surface area contributed by atoms with Gasteiger partial charge in [0, 0.05) is 18.2 Å². The smallest absolute Gasteiger partial charge is 0.250 e. The highest BCUT2D eigenvalue weighted by atomic mass is 35.5. The fraction of sp³-hybridized carbons (Fsp3) is 0.375. The minimum Gasteiger partial charge on any atom is -0.392 e. The van der Waals surface area contributed by atoms with Crippen molar-refractivity contribution in [1.82, 2.24) is 10.2 Å². The van der Waals surface area contributed by atoms with Crippen LogP contribution in [0.2, 0.25) is 5.02 Å². The molecule has 3 amide bonds. The van der Waals surface area contributed by atoms with E-state index in [0.29, 0.717) is 22.7 Å². The number of anilines is 1. The fourth-order valence-corrected chi connectivity index (χ4v) is 5.83. The lowest BCUT2D eigenvalue weighted by molar-refractivity contribution is -0.143. The van der Waals surface area contributed by atoms with Crippen molar-refractivity contribution in [2.75, 3.05) is 11.9 Å². The van der Waals surface area contributed by atoms with Crippen molar-refractivity contribution in [1.29, 1.82) is 0 Å². The lowest BCUT2D eigenvalue weighted by Crippen LogP contribution is -2.55. The largest absolute Gasteiger partial charge is 0.392 e. The van der Waals surface area contributed by atoms with Crippen molar-refractivity contribution in [3.05, 3.63) is 64.2 Å². The molecule has 0 aliphatic carbocycles. The van der Waals surface area contributed by atoms with Crippen LogP contribution in [0.15, 0.2) is 42.5 Å². The van der Waals surface area contributed by atoms with Gasteiger partial charge in [-0.2, -0.15) is 0 Å². The van der Waals surface area contributed by atoms with E-state index in [4.69, 9.17) is 11.6 Å². The summed E-state index contributed by atoms with van der Waals surface area (Å²) in [5.74, 6) is -2.97. The molecule has 166 valence electrons. The van der Waals surface area contributed by atoms with Crippen molar-refractivity contribution in [3.63, 3.8) is 0 Å². The molecule has 5 rings (SSSR count). The van der Waals surface area contributed by atoms with Crippen LogP contribution in [-0.2, 0) is 26.3 Å². The first-order valence-electron chi connectivity index (χ1n) is 10.7. The molecular weight excluding hydrogens is 430 g/mol. The molecule has 5 atom stereocenters. The van der Waals surface area contributed by atoms with Crippen molar-refractivity contribution in [2.45, 2.75) is 38.0 Å². The number of imide groups is 1. The van der Waals surface area contributed by atoms with E-state index in [9.17, 15) is 19.5 Å². The molecule has 2 aromatic carbocycles. The third kappa shape index (κ3) is 2.85. The van der Waals surface area contributed by atoms with Gasteiger partial charge in [0.05, 0.1) is 28.6 Å². The molecule has 0 bridgehead atoms. The van der Waals surface area contributed by atoms with Crippen molar-refractivity contribution < 1.29 is 19.5 Å². The van der Waals surface area contributed by atoms with Crippen LogP contribution in [0, 0.1) is 18.8 Å². The molecule has 8 heteroatoms. The number of amides is 3. The molecule has 0 radical (unpaired) electrons. The molecule has 0 unspecified atom stereocenters. The Morgan fingerprint density at radius 2 is 1.88 bits per heavy atom. The summed E-state index contributed by atoms with van der Waals surface area (Å²) in [5.41, 5.74) is 1.39. The number of benzene rings is 2. The summed E-state index contributed by atoms with van der Waals surface area (Å²) in [4.78, 5) is 41.7. The van der Waals surface area contributed by atoms with Crippen LogP contribution in [0.5, 0.6) is 0 Å². The Balaban J connectivity index is 1.58. The molecule has 3 aliphatic heterocycles. The van der Waals surface area contributed by atoms with E-state index in [1.807, 2.05) is 43.3 Å². The molecule has 3 heterocycles. The molecule has 2 saturated heterocycles. The second kappa shape index (κ2) is 7.40. The zero-order valence-electron chi connectivity index (χ0n) is 17.8. The first-order chi connectivity index (χ1) is 15.3. The Morgan fingerprint density at radius 1 is 1.16 bits per heavy atom. The maximum atomic E-state index is 13.6. The standard InChI is InChI=1S/C24H24ClN3O4/c1-12-10-15-20(16(25)11-12)26-23(32)24(15)18-17(19(27-24)13(2)29)21(30)28(22(18)31)9-8-14-6-4-3-5-7-14/h3-7,10-11,13,17-19,27,29H,8-9H2,1-2H3,(H,26,32)/t13-,17+,18-,19+,24-/m1/s1. The number of fused-ring (bicyclic) bond motifs is 4. The number of halogens is 1. The van der Waals surface area contributed by atoms with E-state index in [0.717, 1.165) is 11.1 Å². The number of likely N-dealkylation sites (tertiary alicyclic amines) is 1. The highest BCUT2D eigenvalue weighted by Crippen LogP contribution is 2.54. The quantitative estimate of drug-likeness (QED) is 0.615. The molecule has 2 fully saturated rings. The average Bonchev–Trinajstić information content (AvgIpc) is 3.34. The predicted octanol–water partition coefficient (Wildman–Crippen LogP) is 1.99. The molecule has 32 heavy (non-hydrogen) atoms. The van der Waals surface area contributed by atoms with Gasteiger partial charge in [0.2, 0.25) is 17.7 Å². The van der Waals surface area contributed by atoms with E-state index in [-0.39, 0.29) is 12.5 Å². The molecule has 1 spiro atoms. The third-order valence-electron chi connectivity index (χ3n) is 6.93. The number of nitrogens with one attached hydrogen (secondary N) is 2. The monoisotopic (exact) mass is 453 g/mol. The summed E-state index contributed by atoms with van der Waals surface area (Å²) in [6, 6.07) is 12.4. The summed E-state index contributed by atoms with van der Waals surface area (Å²) in [5, 5.41) is 16.9. The highest BCUT2D eigenvalue weighted by Gasteiger charge is 2.71. The first-order valence-corrected chi connectivity index (χ1v) is 11.1. The molecule has 0 aromatic heterocycles. The predicted molar refractivity (Wildman–Crippen MR) is 119 cm³/mol. The molecular formula is C24H24ClN3O4. The summed E-state index contributed by atoms with van der Waals surface area (Å²) in [6.45, 7) is 3.64. The topological polar surface area (TPSA) is 98.7 Å². The van der Waals surface area contributed by atoms with Crippen LogP contribution >= 0.6 is 11.6 Å². The van der Waals surface area contributed by atoms with Gasteiger partial charge in [0.25, 0.3) is 0 Å². The Hall–Kier alpha value is -2.74. The molecule has 2 aromatic rings. The number of aliphatic hydroxyl groups is 1. The van der Waals surface area contributed by atoms with Gasteiger partial charge < -0.3 is 10.4 Å². The van der Waals surface area contributed by atoms with Crippen molar-refractivity contribution >= 4 is 35.0 Å². The molecule has 0 saturated carbocycles. The van der Waals surface area contributed by atoms with Crippen LogP contribution in [0.1, 0.15) is 23.6 Å². The molecule has 3 N–H and O–H groups in total. The van der Waals surface area contributed by atoms with Gasteiger partial charge in [0.1, 0.15) is 5.54 Å². The zero-order valence-corrected chi connectivity index (χ0v) is 18.5. The van der Waals surface area contributed by atoms with Crippen LogP contribution in [-0.4, -0.2) is 46.4 Å². The summed E-state index contributed by atoms with van der Waals surface area (Å²) >= 11 is 6.40. The van der Waals surface area contributed by atoms with E-state index in [1.54, 1.807) is 13.0 Å². The number of aliphatic hydroxyl groups excluding tert-OH is 1. The normalized spacial score (nSPS) is 29.4. The SMILES string of the molecule is Cc1cc(Cl)c2c(c1)[C@]1(N[C@@H]([C@@H](C)O)[C@H]3C(=O)N(CCc4ccccc4)C(=O)[C@@H]31)C(=O)N2. The number of hydrogen-bond acceptors (Lipinski definition) is 5. The number of aryl methyl sites for hydroxylation is 1. The van der Waals surface area contributed by atoms with Crippen LogP contribution in [0.25, 0.3) is 0 Å². The maximum absolute atomic E-state index is 13.6. The lowest BCUT2D eigenvalue weighted by Gasteiger charge is -2.30. The number of nitrogens with zero attached hydrogens (tertiary/aromatic N) is 1. The number of carbonyl (C=O) groups excluding carboxylic acids is 3. The van der Waals surface area contributed by atoms with E-state index < -0.39 is 41.3 Å². The van der Waals surface area contributed by atoms with Crippen molar-refractivity contribution in [3.8, 4) is 0 Å². The highest BCUT2D eigenvalue weighted by molar-refractivity contribution is 6.35. The van der Waals surface area contributed by atoms with E-state index >= 15 is 0 Å². The summed E-state index contributed by atoms with van der Waals surface area (Å²) in [7, 11) is 0. The van der Waals surface area contributed by atoms with Crippen LogP contribution < -0.4 is 10.6 Å². The van der Waals surface area contributed by atoms with Crippen LogP contribution in [0.3, 0.4) is 0 Å². The minimum atomic E-state index is -1.45. The Kier molecular flexibility index (Phi) is 4.89. The zero-order chi connectivity index (χ0) is 22.8. The summed E-state index contributed by atoms with van der Waals surface area (Å²) < 4.78 is 0. The fourth-order valence-electron chi connectivity index (χ4n) is 5.50. The summed E-state index contributed by atoms with van der Waals surface area (Å²) in [6.07, 6.45) is -0.421. The third-order valence-corrected chi connectivity index (χ3v) is 7.23. The van der Waals surface area contributed by atoms with Gasteiger partial charge in [-0.3, -0.25) is 24.6 Å². The van der Waals surface area contributed by atoms with Gasteiger partial charge in [-0.15, -0.1) is 0 Å². The molecule has 7 nitrogen and oxygen atoms in total. The lowest BCUT2D eigenvalue weighted by atomic mass is 9.76. The minimum absolute atomic E-state index is 0.223. The van der Waals surface area contributed by atoms with Gasteiger partial charge in [-0.25, -0.2) is 0 Å². The maximum Gasteiger partial charge on any atom is 0.250 e. The second-order valence-electron chi connectivity index (χ2n) is 8.91. The van der Waals surface area contributed by atoms with Gasteiger partial charge >= 0.3 is 0 Å². The number of hydrogen-bond donors (Lipinski definition) is 3. The number of rotatable bonds is 4. The van der Waals surface area contributed by atoms with Gasteiger partial charge in [-0.05, 0) is 37.5 Å². The van der Waals surface area contributed by atoms with E-state index in [2.05, 4.69) is 10.6 Å². The first kappa shape index (κ1) is 21.1. The van der Waals surface area contributed by atoms with Gasteiger partial charge in [0.15, 0.2) is 0 Å². The Morgan fingerprint density at radius 3 is 2.56 bits per heavy atom. The average molecular weight is 454 g/mol. The Bertz CT molecular complexity index is 1140. The second-order valence-corrected chi connectivity index (χ2v) is 9.32. The molecule has 3 aliphatic rings.